The lowest BCUT2D eigenvalue weighted by Gasteiger charge is -2.05. The quantitative estimate of drug-likeness (QED) is 0.517. The zero-order valence-electron chi connectivity index (χ0n) is 14.1. The summed E-state index contributed by atoms with van der Waals surface area (Å²) in [5.41, 5.74) is 2.11. The number of carbonyl (C=O) groups is 3. The molecule has 0 aliphatic rings. The highest BCUT2D eigenvalue weighted by Gasteiger charge is 2.24. The van der Waals surface area contributed by atoms with E-state index in [0.29, 0.717) is 28.1 Å². The molecule has 2 aromatic rings. The van der Waals surface area contributed by atoms with Gasteiger partial charge in [-0.2, -0.15) is 0 Å². The molecule has 0 amide bonds. The summed E-state index contributed by atoms with van der Waals surface area (Å²) in [7, 11) is 0. The summed E-state index contributed by atoms with van der Waals surface area (Å²) in [6.45, 7) is 6.78. The van der Waals surface area contributed by atoms with Crippen molar-refractivity contribution in [2.24, 2.45) is 0 Å². The minimum Gasteiger partial charge on any atom is -0.462 e. The second-order valence-corrected chi connectivity index (χ2v) is 5.32. The van der Waals surface area contributed by atoms with Crippen molar-refractivity contribution >= 4 is 17.7 Å². The number of carbonyl (C=O) groups excluding carboxylic acids is 3. The van der Waals surface area contributed by atoms with Crippen LogP contribution in [0.3, 0.4) is 0 Å². The average Bonchev–Trinajstić information content (AvgIpc) is 2.83. The van der Waals surface area contributed by atoms with Gasteiger partial charge in [0, 0.05) is 11.3 Å². The van der Waals surface area contributed by atoms with Gasteiger partial charge in [0.25, 0.3) is 0 Å². The fourth-order valence-corrected chi connectivity index (χ4v) is 2.38. The molecular formula is C18H19NO5. The Balaban J connectivity index is 2.22. The summed E-state index contributed by atoms with van der Waals surface area (Å²) >= 11 is 0. The number of H-pyrrole nitrogens is 1. The van der Waals surface area contributed by atoms with E-state index in [0.717, 1.165) is 0 Å². The van der Waals surface area contributed by atoms with Crippen molar-refractivity contribution < 1.29 is 23.9 Å². The predicted molar refractivity (Wildman–Crippen MR) is 87.6 cm³/mol. The number of aryl methyl sites for hydroxylation is 1. The minimum atomic E-state index is -0.610. The molecule has 0 spiro atoms. The highest BCUT2D eigenvalue weighted by molar-refractivity contribution is 5.99. The summed E-state index contributed by atoms with van der Waals surface area (Å²) in [6.07, 6.45) is 0. The van der Waals surface area contributed by atoms with Crippen molar-refractivity contribution in [3.8, 4) is 5.75 Å². The van der Waals surface area contributed by atoms with E-state index in [2.05, 4.69) is 4.98 Å². The Morgan fingerprint density at radius 2 is 1.67 bits per heavy atom. The van der Waals surface area contributed by atoms with Gasteiger partial charge in [0.2, 0.25) is 0 Å². The van der Waals surface area contributed by atoms with Gasteiger partial charge in [-0.25, -0.2) is 9.59 Å². The van der Waals surface area contributed by atoms with Crippen LogP contribution >= 0.6 is 0 Å². The van der Waals surface area contributed by atoms with Crippen molar-refractivity contribution in [1.82, 2.24) is 4.98 Å². The van der Waals surface area contributed by atoms with E-state index in [4.69, 9.17) is 9.47 Å². The Morgan fingerprint density at radius 3 is 2.21 bits per heavy atom. The van der Waals surface area contributed by atoms with E-state index in [9.17, 15) is 14.4 Å². The monoisotopic (exact) mass is 329 g/mol. The maximum absolute atomic E-state index is 12.3. The van der Waals surface area contributed by atoms with Crippen LogP contribution in [0.15, 0.2) is 24.3 Å². The Bertz CT molecular complexity index is 786. The van der Waals surface area contributed by atoms with E-state index in [1.54, 1.807) is 45.0 Å². The van der Waals surface area contributed by atoms with Crippen LogP contribution in [-0.4, -0.2) is 29.3 Å². The number of hydrogen-bond acceptors (Lipinski definition) is 5. The van der Waals surface area contributed by atoms with Gasteiger partial charge in [-0.05, 0) is 57.5 Å². The van der Waals surface area contributed by atoms with Crippen LogP contribution in [0.5, 0.6) is 5.75 Å². The van der Waals surface area contributed by atoms with E-state index in [1.165, 1.54) is 6.92 Å². The van der Waals surface area contributed by atoms with E-state index in [-0.39, 0.29) is 18.1 Å². The summed E-state index contributed by atoms with van der Waals surface area (Å²) < 4.78 is 10.3. The number of rotatable bonds is 5. The van der Waals surface area contributed by atoms with Crippen molar-refractivity contribution in [1.29, 1.82) is 0 Å². The third kappa shape index (κ3) is 3.53. The fraction of sp³-hybridized carbons (Fsp3) is 0.278. The number of aromatic nitrogens is 1. The highest BCUT2D eigenvalue weighted by Crippen LogP contribution is 2.21. The summed E-state index contributed by atoms with van der Waals surface area (Å²) in [6, 6.07) is 6.27. The van der Waals surface area contributed by atoms with Crippen molar-refractivity contribution in [2.75, 3.05) is 6.61 Å². The largest absolute Gasteiger partial charge is 0.462 e. The number of esters is 2. The van der Waals surface area contributed by atoms with Gasteiger partial charge in [-0.1, -0.05) is 0 Å². The average molecular weight is 329 g/mol. The maximum atomic E-state index is 12.3. The van der Waals surface area contributed by atoms with Gasteiger partial charge in [0.1, 0.15) is 11.4 Å². The number of nitrogens with one attached hydrogen (secondary N) is 1. The Kier molecular flexibility index (Phi) is 5.18. The first-order chi connectivity index (χ1) is 11.3. The Hall–Kier alpha value is -2.89. The van der Waals surface area contributed by atoms with Gasteiger partial charge < -0.3 is 14.5 Å². The molecule has 0 saturated heterocycles. The first-order valence-electron chi connectivity index (χ1n) is 7.54. The number of ketones is 1. The topological polar surface area (TPSA) is 85.5 Å². The van der Waals surface area contributed by atoms with E-state index < -0.39 is 11.9 Å². The van der Waals surface area contributed by atoms with E-state index >= 15 is 0 Å². The molecule has 0 atom stereocenters. The van der Waals surface area contributed by atoms with Gasteiger partial charge in [0.05, 0.1) is 12.2 Å². The molecule has 24 heavy (non-hydrogen) atoms. The van der Waals surface area contributed by atoms with Crippen LogP contribution in [0.1, 0.15) is 56.3 Å². The highest BCUT2D eigenvalue weighted by atomic mass is 16.5. The molecule has 6 heteroatoms. The zero-order valence-corrected chi connectivity index (χ0v) is 14.1. The van der Waals surface area contributed by atoms with Crippen molar-refractivity contribution in [3.05, 3.63) is 52.3 Å². The molecule has 0 unspecified atom stereocenters. The molecule has 126 valence electrons. The van der Waals surface area contributed by atoms with Gasteiger partial charge >= 0.3 is 11.9 Å². The molecule has 1 heterocycles. The molecule has 1 N–H and O–H groups in total. The van der Waals surface area contributed by atoms with E-state index in [1.807, 2.05) is 0 Å². The fourth-order valence-electron chi connectivity index (χ4n) is 2.38. The lowest BCUT2D eigenvalue weighted by atomic mass is 10.1. The molecule has 6 nitrogen and oxygen atoms in total. The second-order valence-electron chi connectivity index (χ2n) is 5.32. The third-order valence-electron chi connectivity index (χ3n) is 3.59. The molecule has 0 radical (unpaired) electrons. The van der Waals surface area contributed by atoms with Crippen molar-refractivity contribution in [2.45, 2.75) is 27.7 Å². The van der Waals surface area contributed by atoms with Crippen LogP contribution in [-0.2, 0) is 4.74 Å². The molecule has 0 fully saturated rings. The van der Waals surface area contributed by atoms with Crippen LogP contribution in [0.2, 0.25) is 0 Å². The van der Waals surface area contributed by atoms with Crippen LogP contribution in [0.4, 0.5) is 0 Å². The normalized spacial score (nSPS) is 10.3. The van der Waals surface area contributed by atoms with Gasteiger partial charge in [-0.3, -0.25) is 4.79 Å². The lowest BCUT2D eigenvalue weighted by Crippen LogP contribution is -2.11. The van der Waals surface area contributed by atoms with Crippen LogP contribution < -0.4 is 4.74 Å². The Morgan fingerprint density at radius 1 is 1.04 bits per heavy atom. The zero-order chi connectivity index (χ0) is 17.9. The predicted octanol–water partition coefficient (Wildman–Crippen LogP) is 3.23. The number of hydrogen-bond donors (Lipinski definition) is 1. The molecule has 0 bridgehead atoms. The molecule has 0 saturated carbocycles. The van der Waals surface area contributed by atoms with Crippen LogP contribution in [0, 0.1) is 13.8 Å². The smallest absolute Gasteiger partial charge is 0.360 e. The second kappa shape index (κ2) is 7.12. The molecule has 1 aromatic heterocycles. The minimum absolute atomic E-state index is 0.0669. The maximum Gasteiger partial charge on any atom is 0.360 e. The standard InChI is InChI=1S/C18H19NO5/c1-5-23-17(21)15-10(2)16(19-11(15)3)18(22)24-14-8-6-13(7-9-14)12(4)20/h6-9,19H,5H2,1-4H3. The molecular weight excluding hydrogens is 310 g/mol. The molecule has 1 aromatic carbocycles. The van der Waals surface area contributed by atoms with Crippen LogP contribution in [0.25, 0.3) is 0 Å². The number of aromatic amines is 1. The number of ether oxygens (including phenoxy) is 2. The summed E-state index contributed by atoms with van der Waals surface area (Å²) in [5, 5.41) is 0. The van der Waals surface area contributed by atoms with Gasteiger partial charge in [0.15, 0.2) is 5.78 Å². The number of benzene rings is 1. The molecule has 2 rings (SSSR count). The molecule has 0 aliphatic heterocycles. The van der Waals surface area contributed by atoms with Gasteiger partial charge in [-0.15, -0.1) is 0 Å². The Labute approximate surface area is 139 Å². The third-order valence-corrected chi connectivity index (χ3v) is 3.59. The number of Topliss-reactive ketones (excluding diaryl/α,β-unsaturated/α-hetero) is 1. The summed E-state index contributed by atoms with van der Waals surface area (Å²) in [4.78, 5) is 38.4. The SMILES string of the molecule is CCOC(=O)c1c(C)[nH]c(C(=O)Oc2ccc(C(C)=O)cc2)c1C. The van der Waals surface area contributed by atoms with Crippen molar-refractivity contribution in [3.63, 3.8) is 0 Å². The molecule has 0 aliphatic carbocycles. The lowest BCUT2D eigenvalue weighted by molar-refractivity contribution is 0.0524. The first kappa shape index (κ1) is 17.5. The first-order valence-corrected chi connectivity index (χ1v) is 7.54. The summed E-state index contributed by atoms with van der Waals surface area (Å²) in [5.74, 6) is -0.840.